The summed E-state index contributed by atoms with van der Waals surface area (Å²) in [4.78, 5) is 4.65. The Morgan fingerprint density at radius 3 is 2.65 bits per heavy atom. The fraction of sp³-hybridized carbons (Fsp3) is 0.308. The normalized spacial score (nSPS) is 14.6. The quantitative estimate of drug-likeness (QED) is 0.842. The van der Waals surface area contributed by atoms with Gasteiger partial charge in [0, 0.05) is 23.6 Å². The molecule has 0 spiro atoms. The zero-order valence-corrected chi connectivity index (χ0v) is 10.2. The number of fused-ring (bicyclic) bond motifs is 1. The van der Waals surface area contributed by atoms with Gasteiger partial charge in [0.2, 0.25) is 0 Å². The highest BCUT2D eigenvalue weighted by molar-refractivity contribution is 6.30. The van der Waals surface area contributed by atoms with Crippen LogP contribution in [0.2, 0.25) is 5.02 Å². The maximum absolute atomic E-state index is 6.16. The third kappa shape index (κ3) is 1.80. The van der Waals surface area contributed by atoms with Crippen LogP contribution in [-0.2, 0) is 13.0 Å². The highest BCUT2D eigenvalue weighted by Gasteiger charge is 2.18. The first-order chi connectivity index (χ1) is 8.25. The van der Waals surface area contributed by atoms with Gasteiger partial charge in [-0.2, -0.15) is 0 Å². The van der Waals surface area contributed by atoms with E-state index in [9.17, 15) is 0 Å². The van der Waals surface area contributed by atoms with E-state index < -0.39 is 0 Å². The Balaban J connectivity index is 2.09. The number of anilines is 1. The second kappa shape index (κ2) is 4.08. The molecule has 2 heterocycles. The van der Waals surface area contributed by atoms with Gasteiger partial charge in [0.05, 0.1) is 0 Å². The molecule has 3 nitrogen and oxygen atoms in total. The van der Waals surface area contributed by atoms with E-state index >= 15 is 0 Å². The van der Waals surface area contributed by atoms with Gasteiger partial charge in [-0.1, -0.05) is 23.7 Å². The summed E-state index contributed by atoms with van der Waals surface area (Å²) in [5.74, 6) is 1.89. The second-order valence-corrected chi connectivity index (χ2v) is 4.81. The van der Waals surface area contributed by atoms with Crippen molar-refractivity contribution in [3.63, 3.8) is 0 Å². The number of benzene rings is 1. The van der Waals surface area contributed by atoms with Crippen LogP contribution in [0, 0.1) is 0 Å². The molecule has 17 heavy (non-hydrogen) atoms. The number of imidazole rings is 1. The number of aromatic nitrogens is 2. The lowest BCUT2D eigenvalue weighted by atomic mass is 10.1. The molecule has 0 unspecified atom stereocenters. The lowest BCUT2D eigenvalue weighted by Gasteiger charge is -2.14. The van der Waals surface area contributed by atoms with E-state index in [-0.39, 0.29) is 0 Å². The summed E-state index contributed by atoms with van der Waals surface area (Å²) in [6, 6.07) is 7.67. The standard InChI is InChI=1S/C13H14ClN3/c14-10-6-4-9(5-7-10)12-13(15)17-8-2-1-3-11(17)16-12/h4-7H,1-3,8,15H2. The molecule has 2 aromatic rings. The molecule has 1 aromatic carbocycles. The van der Waals surface area contributed by atoms with Crippen molar-refractivity contribution in [2.45, 2.75) is 25.8 Å². The van der Waals surface area contributed by atoms with Gasteiger partial charge in [0.15, 0.2) is 0 Å². The summed E-state index contributed by atoms with van der Waals surface area (Å²) in [5.41, 5.74) is 8.09. The average molecular weight is 248 g/mol. The van der Waals surface area contributed by atoms with E-state index in [1.165, 1.54) is 12.8 Å². The number of hydrogen-bond acceptors (Lipinski definition) is 2. The van der Waals surface area contributed by atoms with Crippen molar-refractivity contribution < 1.29 is 0 Å². The third-order valence-corrected chi connectivity index (χ3v) is 3.49. The highest BCUT2D eigenvalue weighted by atomic mass is 35.5. The van der Waals surface area contributed by atoms with Crippen LogP contribution in [0.5, 0.6) is 0 Å². The summed E-state index contributed by atoms with van der Waals surface area (Å²) in [5, 5.41) is 0.733. The molecule has 1 aliphatic heterocycles. The van der Waals surface area contributed by atoms with Crippen molar-refractivity contribution in [1.29, 1.82) is 0 Å². The summed E-state index contributed by atoms with van der Waals surface area (Å²) in [7, 11) is 0. The Kier molecular flexibility index (Phi) is 2.56. The topological polar surface area (TPSA) is 43.8 Å². The molecule has 0 amide bonds. The molecule has 88 valence electrons. The molecule has 0 saturated heterocycles. The highest BCUT2D eigenvalue weighted by Crippen LogP contribution is 2.29. The van der Waals surface area contributed by atoms with Crippen molar-refractivity contribution in [3.8, 4) is 11.3 Å². The molecule has 0 aliphatic carbocycles. The van der Waals surface area contributed by atoms with E-state index in [0.717, 1.165) is 40.9 Å². The first kappa shape index (κ1) is 10.7. The van der Waals surface area contributed by atoms with Gasteiger partial charge < -0.3 is 10.3 Å². The van der Waals surface area contributed by atoms with Gasteiger partial charge in [-0.3, -0.25) is 0 Å². The summed E-state index contributed by atoms with van der Waals surface area (Å²) in [6.07, 6.45) is 3.42. The number of rotatable bonds is 1. The van der Waals surface area contributed by atoms with Crippen molar-refractivity contribution >= 4 is 17.4 Å². The molecule has 4 heteroatoms. The average Bonchev–Trinajstić information content (AvgIpc) is 2.69. The van der Waals surface area contributed by atoms with Crippen LogP contribution in [0.15, 0.2) is 24.3 Å². The van der Waals surface area contributed by atoms with E-state index in [0.29, 0.717) is 0 Å². The monoisotopic (exact) mass is 247 g/mol. The summed E-state index contributed by atoms with van der Waals surface area (Å²) < 4.78 is 2.13. The molecule has 0 saturated carbocycles. The molecule has 3 rings (SSSR count). The number of nitrogens with two attached hydrogens (primary N) is 1. The zero-order valence-electron chi connectivity index (χ0n) is 9.49. The zero-order chi connectivity index (χ0) is 11.8. The van der Waals surface area contributed by atoms with Crippen LogP contribution in [0.25, 0.3) is 11.3 Å². The molecule has 0 fully saturated rings. The Morgan fingerprint density at radius 1 is 1.18 bits per heavy atom. The van der Waals surface area contributed by atoms with Crippen LogP contribution in [0.4, 0.5) is 5.82 Å². The van der Waals surface area contributed by atoms with Crippen molar-refractivity contribution in [2.24, 2.45) is 0 Å². The molecule has 2 N–H and O–H groups in total. The molecule has 1 aliphatic rings. The van der Waals surface area contributed by atoms with Gasteiger partial charge in [0.25, 0.3) is 0 Å². The Hall–Kier alpha value is -1.48. The minimum Gasteiger partial charge on any atom is -0.383 e. The number of aryl methyl sites for hydroxylation is 1. The largest absolute Gasteiger partial charge is 0.383 e. The molecule has 0 radical (unpaired) electrons. The first-order valence-corrected chi connectivity index (χ1v) is 6.24. The van der Waals surface area contributed by atoms with Crippen LogP contribution in [-0.4, -0.2) is 9.55 Å². The maximum atomic E-state index is 6.16. The van der Waals surface area contributed by atoms with Crippen LogP contribution < -0.4 is 5.73 Å². The lowest BCUT2D eigenvalue weighted by molar-refractivity contribution is 0.527. The van der Waals surface area contributed by atoms with Crippen molar-refractivity contribution in [2.75, 3.05) is 5.73 Å². The summed E-state index contributed by atoms with van der Waals surface area (Å²) in [6.45, 7) is 0.988. The molecular formula is C13H14ClN3. The summed E-state index contributed by atoms with van der Waals surface area (Å²) >= 11 is 5.88. The van der Waals surface area contributed by atoms with Crippen molar-refractivity contribution in [3.05, 3.63) is 35.1 Å². The van der Waals surface area contributed by atoms with Crippen LogP contribution in [0.1, 0.15) is 18.7 Å². The van der Waals surface area contributed by atoms with Crippen molar-refractivity contribution in [1.82, 2.24) is 9.55 Å². The smallest absolute Gasteiger partial charge is 0.131 e. The Morgan fingerprint density at radius 2 is 1.94 bits per heavy atom. The maximum Gasteiger partial charge on any atom is 0.131 e. The van der Waals surface area contributed by atoms with E-state index in [1.807, 2.05) is 24.3 Å². The van der Waals surface area contributed by atoms with Crippen LogP contribution >= 0.6 is 11.6 Å². The van der Waals surface area contributed by atoms with Gasteiger partial charge in [-0.05, 0) is 25.0 Å². The van der Waals surface area contributed by atoms with E-state index in [1.54, 1.807) is 0 Å². The fourth-order valence-electron chi connectivity index (χ4n) is 2.33. The number of hydrogen-bond donors (Lipinski definition) is 1. The number of nitrogens with zero attached hydrogens (tertiary/aromatic N) is 2. The lowest BCUT2D eigenvalue weighted by Crippen LogP contribution is -2.12. The van der Waals surface area contributed by atoms with E-state index in [4.69, 9.17) is 17.3 Å². The molecule has 0 bridgehead atoms. The minimum absolute atomic E-state index is 0.733. The SMILES string of the molecule is Nc1c(-c2ccc(Cl)cc2)nc2n1CCCC2. The third-order valence-electron chi connectivity index (χ3n) is 3.24. The predicted octanol–water partition coefficient (Wildman–Crippen LogP) is 3.12. The second-order valence-electron chi connectivity index (χ2n) is 4.38. The Bertz CT molecular complexity index is 543. The molecule has 0 atom stereocenters. The van der Waals surface area contributed by atoms with Crippen LogP contribution in [0.3, 0.4) is 0 Å². The van der Waals surface area contributed by atoms with Gasteiger partial charge >= 0.3 is 0 Å². The number of halogens is 1. The Labute approximate surface area is 105 Å². The molecular weight excluding hydrogens is 234 g/mol. The molecule has 1 aromatic heterocycles. The predicted molar refractivity (Wildman–Crippen MR) is 70.0 cm³/mol. The van der Waals surface area contributed by atoms with Gasteiger partial charge in [0.1, 0.15) is 17.3 Å². The van der Waals surface area contributed by atoms with Gasteiger partial charge in [-0.25, -0.2) is 4.98 Å². The van der Waals surface area contributed by atoms with E-state index in [2.05, 4.69) is 9.55 Å². The van der Waals surface area contributed by atoms with Gasteiger partial charge in [-0.15, -0.1) is 0 Å². The fourth-order valence-corrected chi connectivity index (χ4v) is 2.45. The number of nitrogen functional groups attached to an aromatic ring is 1. The minimum atomic E-state index is 0.733. The first-order valence-electron chi connectivity index (χ1n) is 5.86.